The number of likely N-dealkylation sites (N-methyl/N-ethyl adjacent to an activating group) is 1. The minimum Gasteiger partial charge on any atom is -0.449 e. The number of aryl methyl sites for hydroxylation is 2. The van der Waals surface area contributed by atoms with Gasteiger partial charge in [-0.2, -0.15) is 0 Å². The molecule has 0 spiro atoms. The Morgan fingerprint density at radius 1 is 1.03 bits per heavy atom. The van der Waals surface area contributed by atoms with Crippen molar-refractivity contribution in [2.24, 2.45) is 0 Å². The summed E-state index contributed by atoms with van der Waals surface area (Å²) in [5.74, 6) is -0.982. The number of sulfonamides is 1. The highest BCUT2D eigenvalue weighted by Gasteiger charge is 2.18. The summed E-state index contributed by atoms with van der Waals surface area (Å²) in [7, 11) is -3.64. The molecular weight excluding hydrogens is 392 g/mol. The molecule has 2 N–H and O–H groups in total. The molecule has 0 aliphatic heterocycles. The van der Waals surface area contributed by atoms with Crippen molar-refractivity contribution in [2.75, 3.05) is 6.54 Å². The number of hydrogen-bond acceptors (Lipinski definition) is 5. The van der Waals surface area contributed by atoms with Crippen LogP contribution in [0.1, 0.15) is 40.9 Å². The van der Waals surface area contributed by atoms with E-state index in [9.17, 15) is 18.0 Å². The second-order valence-corrected chi connectivity index (χ2v) is 8.48. The number of carbonyl (C=O) groups excluding carboxylic acids is 2. The van der Waals surface area contributed by atoms with E-state index in [-0.39, 0.29) is 22.9 Å². The summed E-state index contributed by atoms with van der Waals surface area (Å²) in [6.07, 6.45) is -0.896. The minimum atomic E-state index is -3.64. The highest BCUT2D eigenvalue weighted by atomic mass is 32.2. The maximum Gasteiger partial charge on any atom is 0.338 e. The molecule has 1 atom stereocenters. The van der Waals surface area contributed by atoms with Gasteiger partial charge in [0, 0.05) is 13.1 Å². The van der Waals surface area contributed by atoms with Gasteiger partial charge in [-0.05, 0) is 68.7 Å². The van der Waals surface area contributed by atoms with E-state index in [1.54, 1.807) is 37.3 Å². The SMILES string of the molecule is CCNC(=O)[C@H](C)OC(=O)c1ccc(CNS(=O)(=O)c2ccc(C)c(C)c2)cc1. The maximum atomic E-state index is 12.5. The van der Waals surface area contributed by atoms with Crippen LogP contribution < -0.4 is 10.0 Å². The van der Waals surface area contributed by atoms with Crippen molar-refractivity contribution in [1.82, 2.24) is 10.0 Å². The van der Waals surface area contributed by atoms with Gasteiger partial charge in [-0.3, -0.25) is 4.79 Å². The topological polar surface area (TPSA) is 102 Å². The number of ether oxygens (including phenoxy) is 1. The molecule has 2 aromatic carbocycles. The third-order valence-corrected chi connectivity index (χ3v) is 5.85. The van der Waals surface area contributed by atoms with Crippen LogP contribution in [0.3, 0.4) is 0 Å². The largest absolute Gasteiger partial charge is 0.449 e. The van der Waals surface area contributed by atoms with Crippen LogP contribution >= 0.6 is 0 Å². The van der Waals surface area contributed by atoms with E-state index in [0.29, 0.717) is 12.1 Å². The Labute approximate surface area is 171 Å². The molecule has 0 bridgehead atoms. The maximum absolute atomic E-state index is 12.5. The Morgan fingerprint density at radius 2 is 1.69 bits per heavy atom. The highest BCUT2D eigenvalue weighted by Crippen LogP contribution is 2.15. The molecule has 0 aliphatic rings. The molecular formula is C21H26N2O5S. The first kappa shape index (κ1) is 22.6. The number of rotatable bonds is 8. The van der Waals surface area contributed by atoms with Crippen molar-refractivity contribution in [2.45, 2.75) is 45.2 Å². The van der Waals surface area contributed by atoms with Crippen LogP contribution in [0.2, 0.25) is 0 Å². The molecule has 7 nitrogen and oxygen atoms in total. The number of nitrogens with one attached hydrogen (secondary N) is 2. The van der Waals surface area contributed by atoms with Crippen molar-refractivity contribution < 1.29 is 22.7 Å². The molecule has 29 heavy (non-hydrogen) atoms. The van der Waals surface area contributed by atoms with E-state index in [1.807, 2.05) is 13.8 Å². The summed E-state index contributed by atoms with van der Waals surface area (Å²) in [5.41, 5.74) is 2.89. The summed E-state index contributed by atoms with van der Waals surface area (Å²) in [6.45, 7) is 7.59. The summed E-state index contributed by atoms with van der Waals surface area (Å²) in [5, 5.41) is 2.58. The number of esters is 1. The van der Waals surface area contributed by atoms with E-state index >= 15 is 0 Å². The average Bonchev–Trinajstić information content (AvgIpc) is 2.69. The Morgan fingerprint density at radius 3 is 2.28 bits per heavy atom. The van der Waals surface area contributed by atoms with Crippen LogP contribution in [0, 0.1) is 13.8 Å². The molecule has 0 saturated carbocycles. The fourth-order valence-corrected chi connectivity index (χ4v) is 3.60. The highest BCUT2D eigenvalue weighted by molar-refractivity contribution is 7.89. The van der Waals surface area contributed by atoms with Crippen molar-refractivity contribution in [1.29, 1.82) is 0 Å². The van der Waals surface area contributed by atoms with Gasteiger partial charge in [-0.1, -0.05) is 18.2 Å². The molecule has 0 saturated heterocycles. The molecule has 0 unspecified atom stereocenters. The van der Waals surface area contributed by atoms with Crippen molar-refractivity contribution >= 4 is 21.9 Å². The second-order valence-electron chi connectivity index (χ2n) is 6.71. The fourth-order valence-electron chi connectivity index (χ4n) is 2.50. The molecule has 0 aromatic heterocycles. The smallest absolute Gasteiger partial charge is 0.338 e. The van der Waals surface area contributed by atoms with Gasteiger partial charge < -0.3 is 10.1 Å². The normalized spacial score (nSPS) is 12.3. The molecule has 1 amide bonds. The van der Waals surface area contributed by atoms with E-state index in [1.165, 1.54) is 19.1 Å². The lowest BCUT2D eigenvalue weighted by Crippen LogP contribution is -2.35. The van der Waals surface area contributed by atoms with Crippen LogP contribution in [0.25, 0.3) is 0 Å². The van der Waals surface area contributed by atoms with E-state index in [0.717, 1.165) is 11.1 Å². The number of hydrogen-bond donors (Lipinski definition) is 2. The number of benzene rings is 2. The zero-order valence-electron chi connectivity index (χ0n) is 17.0. The molecule has 0 heterocycles. The summed E-state index contributed by atoms with van der Waals surface area (Å²) in [6, 6.07) is 11.3. The van der Waals surface area contributed by atoms with Gasteiger partial charge in [0.25, 0.3) is 5.91 Å². The lowest BCUT2D eigenvalue weighted by Gasteiger charge is -2.13. The second kappa shape index (κ2) is 9.67. The predicted molar refractivity (Wildman–Crippen MR) is 110 cm³/mol. The van der Waals surface area contributed by atoms with Crippen LogP contribution in [-0.2, 0) is 26.1 Å². The first-order valence-electron chi connectivity index (χ1n) is 9.28. The fraction of sp³-hybridized carbons (Fsp3) is 0.333. The van der Waals surface area contributed by atoms with Crippen molar-refractivity contribution in [3.05, 3.63) is 64.7 Å². The van der Waals surface area contributed by atoms with Crippen LogP contribution in [0.15, 0.2) is 47.4 Å². The van der Waals surface area contributed by atoms with Crippen LogP contribution in [-0.4, -0.2) is 32.9 Å². The minimum absolute atomic E-state index is 0.0832. The zero-order valence-corrected chi connectivity index (χ0v) is 17.8. The van der Waals surface area contributed by atoms with Crippen molar-refractivity contribution in [3.8, 4) is 0 Å². The van der Waals surface area contributed by atoms with Gasteiger partial charge in [-0.15, -0.1) is 0 Å². The van der Waals surface area contributed by atoms with Crippen LogP contribution in [0.5, 0.6) is 0 Å². The van der Waals surface area contributed by atoms with Crippen molar-refractivity contribution in [3.63, 3.8) is 0 Å². The quantitative estimate of drug-likeness (QED) is 0.641. The Kier molecular flexibility index (Phi) is 7.53. The lowest BCUT2D eigenvalue weighted by molar-refractivity contribution is -0.128. The summed E-state index contributed by atoms with van der Waals surface area (Å²) in [4.78, 5) is 24.0. The van der Waals surface area contributed by atoms with E-state index in [4.69, 9.17) is 4.74 Å². The van der Waals surface area contributed by atoms with Gasteiger partial charge in [0.05, 0.1) is 10.5 Å². The molecule has 2 aromatic rings. The standard InChI is InChI=1S/C21H26N2O5S/c1-5-22-20(24)16(4)28-21(25)18-9-7-17(8-10-18)13-23-29(26,27)19-11-6-14(2)15(3)12-19/h6-12,16,23H,5,13H2,1-4H3,(H,22,24)/t16-/m0/s1. The third-order valence-electron chi connectivity index (χ3n) is 4.45. The van der Waals surface area contributed by atoms with Gasteiger partial charge in [-0.25, -0.2) is 17.9 Å². The molecule has 2 rings (SSSR count). The van der Waals surface area contributed by atoms with Crippen LogP contribution in [0.4, 0.5) is 0 Å². The third kappa shape index (κ3) is 6.13. The summed E-state index contributed by atoms with van der Waals surface area (Å²) < 4.78 is 32.6. The predicted octanol–water partition coefficient (Wildman–Crippen LogP) is 2.46. The molecule has 0 fully saturated rings. The number of amides is 1. The average molecular weight is 419 g/mol. The Balaban J connectivity index is 1.99. The zero-order chi connectivity index (χ0) is 21.6. The molecule has 0 aliphatic carbocycles. The summed E-state index contributed by atoms with van der Waals surface area (Å²) >= 11 is 0. The monoisotopic (exact) mass is 418 g/mol. The van der Waals surface area contributed by atoms with E-state index < -0.39 is 22.1 Å². The molecule has 0 radical (unpaired) electrons. The molecule has 156 valence electrons. The first-order valence-corrected chi connectivity index (χ1v) is 10.8. The van der Waals surface area contributed by atoms with Gasteiger partial charge >= 0.3 is 5.97 Å². The lowest BCUT2D eigenvalue weighted by atomic mass is 10.1. The van der Waals surface area contributed by atoms with E-state index in [2.05, 4.69) is 10.0 Å². The Hall–Kier alpha value is -2.71. The number of carbonyl (C=O) groups is 2. The van der Waals surface area contributed by atoms with Gasteiger partial charge in [0.2, 0.25) is 10.0 Å². The Bertz CT molecular complexity index is 985. The van der Waals surface area contributed by atoms with Gasteiger partial charge in [0.1, 0.15) is 0 Å². The molecule has 8 heteroatoms. The first-order chi connectivity index (χ1) is 13.6. The van der Waals surface area contributed by atoms with Gasteiger partial charge in [0.15, 0.2) is 6.10 Å².